The van der Waals surface area contributed by atoms with Crippen LogP contribution in [-0.4, -0.2) is 55.4 Å². The van der Waals surface area contributed by atoms with Crippen LogP contribution in [0.5, 0.6) is 5.75 Å². The monoisotopic (exact) mass is 383 g/mol. The lowest BCUT2D eigenvalue weighted by molar-refractivity contribution is -0.131. The summed E-state index contributed by atoms with van der Waals surface area (Å²) in [6, 6.07) is 15.3. The summed E-state index contributed by atoms with van der Waals surface area (Å²) < 4.78 is 5.43. The number of benzene rings is 2. The van der Waals surface area contributed by atoms with Gasteiger partial charge in [0.1, 0.15) is 5.75 Å². The number of ether oxygens (including phenoxy) is 1. The molecular weight excluding hydrogens is 354 g/mol. The van der Waals surface area contributed by atoms with Crippen molar-refractivity contribution >= 4 is 17.5 Å². The van der Waals surface area contributed by atoms with Crippen molar-refractivity contribution in [2.24, 2.45) is 0 Å². The number of likely N-dealkylation sites (N-methyl/N-ethyl adjacent to an activating group) is 2. The summed E-state index contributed by atoms with van der Waals surface area (Å²) >= 11 is 0. The third-order valence-corrected chi connectivity index (χ3v) is 4.23. The number of carbonyl (C=O) groups is 2. The fourth-order valence-corrected chi connectivity index (χ4v) is 2.71. The van der Waals surface area contributed by atoms with Gasteiger partial charge >= 0.3 is 0 Å². The zero-order valence-electron chi connectivity index (χ0n) is 17.1. The fourth-order valence-electron chi connectivity index (χ4n) is 2.71. The topological polar surface area (TPSA) is 61.9 Å². The van der Waals surface area contributed by atoms with E-state index in [1.54, 1.807) is 23.9 Å². The first kappa shape index (κ1) is 21.4. The van der Waals surface area contributed by atoms with Crippen LogP contribution in [0, 0.1) is 6.92 Å². The molecule has 0 aromatic heterocycles. The van der Waals surface area contributed by atoms with Crippen molar-refractivity contribution in [2.45, 2.75) is 20.4 Å². The first-order valence-electron chi connectivity index (χ1n) is 9.38. The molecule has 1 N–H and O–H groups in total. The highest BCUT2D eigenvalue weighted by molar-refractivity contribution is 5.92. The number of carbonyl (C=O) groups excluding carboxylic acids is 2. The number of aryl methyl sites for hydroxylation is 1. The van der Waals surface area contributed by atoms with Crippen molar-refractivity contribution in [3.63, 3.8) is 0 Å². The molecule has 0 aliphatic rings. The van der Waals surface area contributed by atoms with E-state index >= 15 is 0 Å². The van der Waals surface area contributed by atoms with Gasteiger partial charge < -0.3 is 15.0 Å². The number of nitrogens with zero attached hydrogens (tertiary/aromatic N) is 2. The molecule has 0 unspecified atom stereocenters. The quantitative estimate of drug-likeness (QED) is 0.723. The lowest BCUT2D eigenvalue weighted by Gasteiger charge is -2.22. The van der Waals surface area contributed by atoms with Gasteiger partial charge in [0.25, 0.3) is 0 Å². The maximum atomic E-state index is 12.4. The molecular formula is C22H29N3O3. The molecule has 0 radical (unpaired) electrons. The van der Waals surface area contributed by atoms with E-state index in [1.807, 2.05) is 62.4 Å². The molecule has 0 heterocycles. The third-order valence-electron chi connectivity index (χ3n) is 4.23. The Labute approximate surface area is 167 Å². The van der Waals surface area contributed by atoms with Gasteiger partial charge in [-0.15, -0.1) is 0 Å². The molecule has 28 heavy (non-hydrogen) atoms. The molecule has 0 aliphatic carbocycles. The number of rotatable bonds is 9. The molecule has 0 bridgehead atoms. The molecule has 0 fully saturated rings. The minimum Gasteiger partial charge on any atom is -0.494 e. The predicted octanol–water partition coefficient (Wildman–Crippen LogP) is 2.92. The number of hydrogen-bond acceptors (Lipinski definition) is 4. The zero-order chi connectivity index (χ0) is 20.5. The van der Waals surface area contributed by atoms with Crippen LogP contribution in [-0.2, 0) is 16.1 Å². The predicted molar refractivity (Wildman–Crippen MR) is 111 cm³/mol. The Kier molecular flexibility index (Phi) is 8.02. The Balaban J connectivity index is 1.78. The summed E-state index contributed by atoms with van der Waals surface area (Å²) in [5.74, 6) is 0.632. The SMILES string of the molecule is CCOc1ccc(CN(C)C(=O)CN(C)CC(=O)Nc2ccc(C)cc2)cc1. The third kappa shape index (κ3) is 7.04. The minimum absolute atomic E-state index is 0.0421. The standard InChI is InChI=1S/C22H29N3O3/c1-5-28-20-12-8-18(9-13-20)14-25(4)22(27)16-24(3)15-21(26)23-19-10-6-17(2)7-11-19/h6-13H,5,14-16H2,1-4H3,(H,23,26). The Morgan fingerprint density at radius 3 is 2.21 bits per heavy atom. The van der Waals surface area contributed by atoms with Crippen molar-refractivity contribution < 1.29 is 14.3 Å². The van der Waals surface area contributed by atoms with Crippen LogP contribution in [0.25, 0.3) is 0 Å². The number of anilines is 1. The van der Waals surface area contributed by atoms with Gasteiger partial charge in [-0.3, -0.25) is 14.5 Å². The number of hydrogen-bond donors (Lipinski definition) is 1. The van der Waals surface area contributed by atoms with E-state index in [0.29, 0.717) is 13.2 Å². The summed E-state index contributed by atoms with van der Waals surface area (Å²) in [6.07, 6.45) is 0. The van der Waals surface area contributed by atoms with Crippen LogP contribution in [0.1, 0.15) is 18.1 Å². The van der Waals surface area contributed by atoms with Crippen molar-refractivity contribution in [3.05, 3.63) is 59.7 Å². The number of amides is 2. The molecule has 2 aromatic carbocycles. The molecule has 2 amide bonds. The first-order valence-corrected chi connectivity index (χ1v) is 9.38. The second-order valence-corrected chi connectivity index (χ2v) is 6.91. The lowest BCUT2D eigenvalue weighted by Crippen LogP contribution is -2.39. The van der Waals surface area contributed by atoms with Crippen molar-refractivity contribution in [3.8, 4) is 5.75 Å². The van der Waals surface area contributed by atoms with Gasteiger partial charge in [0.2, 0.25) is 11.8 Å². The first-order chi connectivity index (χ1) is 13.4. The molecule has 0 saturated heterocycles. The van der Waals surface area contributed by atoms with E-state index in [0.717, 1.165) is 22.6 Å². The second-order valence-electron chi connectivity index (χ2n) is 6.91. The largest absolute Gasteiger partial charge is 0.494 e. The van der Waals surface area contributed by atoms with Crippen molar-refractivity contribution in [1.82, 2.24) is 9.80 Å². The molecule has 2 rings (SSSR count). The highest BCUT2D eigenvalue weighted by Crippen LogP contribution is 2.13. The van der Waals surface area contributed by atoms with Crippen molar-refractivity contribution in [1.29, 1.82) is 0 Å². The van der Waals surface area contributed by atoms with E-state index in [9.17, 15) is 9.59 Å². The van der Waals surface area contributed by atoms with Crippen LogP contribution < -0.4 is 10.1 Å². The zero-order valence-corrected chi connectivity index (χ0v) is 17.1. The van der Waals surface area contributed by atoms with Gasteiger partial charge in [-0.25, -0.2) is 0 Å². The van der Waals surface area contributed by atoms with Gasteiger partial charge in [-0.1, -0.05) is 29.8 Å². The smallest absolute Gasteiger partial charge is 0.238 e. The second kappa shape index (κ2) is 10.5. The molecule has 150 valence electrons. The van der Waals surface area contributed by atoms with E-state index < -0.39 is 0 Å². The fraction of sp³-hybridized carbons (Fsp3) is 0.364. The van der Waals surface area contributed by atoms with Gasteiger partial charge in [0.05, 0.1) is 19.7 Å². The Morgan fingerprint density at radius 1 is 0.964 bits per heavy atom. The van der Waals surface area contributed by atoms with E-state index in [2.05, 4.69) is 5.32 Å². The molecule has 6 nitrogen and oxygen atoms in total. The summed E-state index contributed by atoms with van der Waals surface area (Å²) in [7, 11) is 3.52. The van der Waals surface area contributed by atoms with Crippen LogP contribution in [0.3, 0.4) is 0 Å². The summed E-state index contributed by atoms with van der Waals surface area (Å²) in [5, 5.41) is 2.84. The summed E-state index contributed by atoms with van der Waals surface area (Å²) in [4.78, 5) is 27.9. The summed E-state index contributed by atoms with van der Waals surface area (Å²) in [6.45, 7) is 5.40. The molecule has 0 saturated carbocycles. The van der Waals surface area contributed by atoms with E-state index in [4.69, 9.17) is 4.74 Å². The van der Waals surface area contributed by atoms with Crippen LogP contribution in [0.2, 0.25) is 0 Å². The van der Waals surface area contributed by atoms with Gasteiger partial charge in [0, 0.05) is 19.3 Å². The van der Waals surface area contributed by atoms with Crippen LogP contribution >= 0.6 is 0 Å². The molecule has 0 spiro atoms. The molecule has 2 aromatic rings. The summed E-state index contributed by atoms with van der Waals surface area (Å²) in [5.41, 5.74) is 2.92. The van der Waals surface area contributed by atoms with E-state index in [1.165, 1.54) is 0 Å². The maximum Gasteiger partial charge on any atom is 0.238 e. The molecule has 6 heteroatoms. The molecule has 0 aliphatic heterocycles. The highest BCUT2D eigenvalue weighted by Gasteiger charge is 2.14. The van der Waals surface area contributed by atoms with Crippen LogP contribution in [0.4, 0.5) is 5.69 Å². The highest BCUT2D eigenvalue weighted by atomic mass is 16.5. The average molecular weight is 383 g/mol. The van der Waals surface area contributed by atoms with Crippen LogP contribution in [0.15, 0.2) is 48.5 Å². The average Bonchev–Trinajstić information content (AvgIpc) is 2.65. The minimum atomic E-state index is -0.145. The molecule has 0 atom stereocenters. The Morgan fingerprint density at radius 2 is 1.61 bits per heavy atom. The Hall–Kier alpha value is -2.86. The lowest BCUT2D eigenvalue weighted by atomic mass is 10.2. The van der Waals surface area contributed by atoms with Gasteiger partial charge in [0.15, 0.2) is 0 Å². The Bertz CT molecular complexity index is 773. The number of nitrogens with one attached hydrogen (secondary N) is 1. The van der Waals surface area contributed by atoms with Gasteiger partial charge in [-0.05, 0) is 50.7 Å². The van der Waals surface area contributed by atoms with E-state index in [-0.39, 0.29) is 24.9 Å². The van der Waals surface area contributed by atoms with Crippen molar-refractivity contribution in [2.75, 3.05) is 39.1 Å². The van der Waals surface area contributed by atoms with Gasteiger partial charge in [-0.2, -0.15) is 0 Å². The maximum absolute atomic E-state index is 12.4. The normalized spacial score (nSPS) is 10.6.